The molecule has 0 aromatic heterocycles. The number of amides is 1. The number of hydrogen-bond acceptors (Lipinski definition) is 3. The summed E-state index contributed by atoms with van der Waals surface area (Å²) in [6.07, 6.45) is 3.92. The van der Waals surface area contributed by atoms with Crippen molar-refractivity contribution in [1.82, 2.24) is 4.90 Å². The minimum Gasteiger partial charge on any atom is -0.482 e. The molecule has 4 heteroatoms. The Hall–Kier alpha value is -1.71. The van der Waals surface area contributed by atoms with E-state index in [4.69, 9.17) is 9.47 Å². The third kappa shape index (κ3) is 2.79. The van der Waals surface area contributed by atoms with Crippen LogP contribution in [0.25, 0.3) is 0 Å². The van der Waals surface area contributed by atoms with E-state index < -0.39 is 6.10 Å². The fourth-order valence-electron chi connectivity index (χ4n) is 3.63. The Labute approximate surface area is 132 Å². The summed E-state index contributed by atoms with van der Waals surface area (Å²) in [5.74, 6) is 1.95. The Balaban J connectivity index is 1.74. The van der Waals surface area contributed by atoms with Crippen molar-refractivity contribution in [3.8, 4) is 11.5 Å². The highest BCUT2D eigenvalue weighted by Crippen LogP contribution is 2.35. The number of benzene rings is 1. The Morgan fingerprint density at radius 1 is 1.09 bits per heavy atom. The van der Waals surface area contributed by atoms with Crippen molar-refractivity contribution in [2.75, 3.05) is 7.05 Å². The maximum atomic E-state index is 12.9. The van der Waals surface area contributed by atoms with E-state index in [0.717, 1.165) is 6.42 Å². The van der Waals surface area contributed by atoms with Gasteiger partial charge in [-0.2, -0.15) is 0 Å². The molecule has 1 aromatic carbocycles. The van der Waals surface area contributed by atoms with Crippen LogP contribution in [0.2, 0.25) is 0 Å². The van der Waals surface area contributed by atoms with Crippen LogP contribution in [-0.4, -0.2) is 36.1 Å². The van der Waals surface area contributed by atoms with E-state index in [2.05, 4.69) is 6.92 Å². The van der Waals surface area contributed by atoms with Crippen LogP contribution in [0.1, 0.15) is 39.5 Å². The molecule has 120 valence electrons. The normalized spacial score (nSPS) is 30.7. The lowest BCUT2D eigenvalue weighted by atomic mass is 9.85. The molecule has 1 aliphatic carbocycles. The lowest BCUT2D eigenvalue weighted by molar-refractivity contribution is -0.146. The van der Waals surface area contributed by atoms with Gasteiger partial charge in [0.2, 0.25) is 6.10 Å². The Kier molecular flexibility index (Phi) is 4.27. The van der Waals surface area contributed by atoms with Crippen molar-refractivity contribution in [3.63, 3.8) is 0 Å². The molecule has 0 bridgehead atoms. The second-order valence-electron chi connectivity index (χ2n) is 6.59. The summed E-state index contributed by atoms with van der Waals surface area (Å²) in [5.41, 5.74) is 0. The molecule has 2 aliphatic rings. The second kappa shape index (κ2) is 6.19. The number of carbonyl (C=O) groups excluding carboxylic acids is 1. The number of nitrogens with zero attached hydrogens (tertiary/aromatic N) is 1. The molecule has 1 amide bonds. The summed E-state index contributed by atoms with van der Waals surface area (Å²) in [6, 6.07) is 7.85. The van der Waals surface area contributed by atoms with Crippen LogP contribution < -0.4 is 9.47 Å². The van der Waals surface area contributed by atoms with Crippen molar-refractivity contribution < 1.29 is 14.3 Å². The molecular weight excluding hydrogens is 278 g/mol. The topological polar surface area (TPSA) is 38.8 Å². The van der Waals surface area contributed by atoms with Gasteiger partial charge < -0.3 is 14.4 Å². The van der Waals surface area contributed by atoms with Crippen molar-refractivity contribution >= 4 is 5.91 Å². The Bertz CT molecular complexity index is 545. The quantitative estimate of drug-likeness (QED) is 0.842. The van der Waals surface area contributed by atoms with E-state index in [9.17, 15) is 4.79 Å². The van der Waals surface area contributed by atoms with Crippen LogP contribution >= 0.6 is 0 Å². The minimum absolute atomic E-state index is 0.0285. The van der Waals surface area contributed by atoms with Gasteiger partial charge in [-0.05, 0) is 37.8 Å². The second-order valence-corrected chi connectivity index (χ2v) is 6.59. The monoisotopic (exact) mass is 303 g/mol. The highest BCUT2D eigenvalue weighted by molar-refractivity contribution is 5.82. The van der Waals surface area contributed by atoms with Crippen LogP contribution in [-0.2, 0) is 4.79 Å². The Morgan fingerprint density at radius 2 is 1.73 bits per heavy atom. The van der Waals surface area contributed by atoms with Crippen molar-refractivity contribution in [2.24, 2.45) is 5.92 Å². The van der Waals surface area contributed by atoms with E-state index in [0.29, 0.717) is 23.5 Å². The summed E-state index contributed by atoms with van der Waals surface area (Å²) in [4.78, 5) is 14.8. The standard InChI is InChI=1S/C18H25NO3/c1-12-8-4-5-9-14(12)19(3)18(20)17-13(2)21-15-10-6-7-11-16(15)22-17/h6-7,10-14,17H,4-5,8-9H2,1-3H3. The zero-order valence-corrected chi connectivity index (χ0v) is 13.6. The molecule has 0 saturated heterocycles. The van der Waals surface area contributed by atoms with E-state index in [1.165, 1.54) is 19.3 Å². The first-order valence-electron chi connectivity index (χ1n) is 8.27. The SMILES string of the molecule is CC1CCCCC1N(C)C(=O)C1Oc2ccccc2OC1C. The van der Waals surface area contributed by atoms with Gasteiger partial charge >= 0.3 is 0 Å². The predicted octanol–water partition coefficient (Wildman–Crippen LogP) is 3.25. The summed E-state index contributed by atoms with van der Waals surface area (Å²) in [6.45, 7) is 4.14. The number of fused-ring (bicyclic) bond motifs is 1. The van der Waals surface area contributed by atoms with E-state index >= 15 is 0 Å². The summed E-state index contributed by atoms with van der Waals surface area (Å²) >= 11 is 0. The van der Waals surface area contributed by atoms with Crippen LogP contribution in [0.3, 0.4) is 0 Å². The molecule has 22 heavy (non-hydrogen) atoms. The minimum atomic E-state index is -0.561. The zero-order valence-electron chi connectivity index (χ0n) is 13.6. The molecule has 4 nitrogen and oxygen atoms in total. The maximum absolute atomic E-state index is 12.9. The van der Waals surface area contributed by atoms with Gasteiger partial charge in [0.1, 0.15) is 6.10 Å². The van der Waals surface area contributed by atoms with Gasteiger partial charge in [0.25, 0.3) is 5.91 Å². The average molecular weight is 303 g/mol. The zero-order chi connectivity index (χ0) is 15.7. The van der Waals surface area contributed by atoms with Crippen molar-refractivity contribution in [3.05, 3.63) is 24.3 Å². The third-order valence-corrected chi connectivity index (χ3v) is 5.00. The molecular formula is C18H25NO3. The van der Waals surface area contributed by atoms with Gasteiger partial charge in [0, 0.05) is 13.1 Å². The number of likely N-dealkylation sites (N-methyl/N-ethyl adjacent to an activating group) is 1. The largest absolute Gasteiger partial charge is 0.482 e. The molecule has 0 spiro atoms. The average Bonchev–Trinajstić information content (AvgIpc) is 2.53. The third-order valence-electron chi connectivity index (χ3n) is 5.00. The lowest BCUT2D eigenvalue weighted by Gasteiger charge is -2.39. The molecule has 4 unspecified atom stereocenters. The van der Waals surface area contributed by atoms with Crippen LogP contribution in [0.15, 0.2) is 24.3 Å². The molecule has 0 radical (unpaired) electrons. The van der Waals surface area contributed by atoms with Crippen LogP contribution in [0.5, 0.6) is 11.5 Å². The maximum Gasteiger partial charge on any atom is 0.267 e. The van der Waals surface area contributed by atoms with Crippen LogP contribution in [0.4, 0.5) is 0 Å². The first kappa shape index (κ1) is 15.2. The van der Waals surface area contributed by atoms with Crippen LogP contribution in [0, 0.1) is 5.92 Å². The molecule has 1 aromatic rings. The molecule has 4 atom stereocenters. The fourth-order valence-corrected chi connectivity index (χ4v) is 3.63. The van der Waals surface area contributed by atoms with Gasteiger partial charge in [-0.1, -0.05) is 31.9 Å². The highest BCUT2D eigenvalue weighted by Gasteiger charge is 2.38. The summed E-state index contributed by atoms with van der Waals surface area (Å²) in [7, 11) is 1.91. The number of para-hydroxylation sites is 2. The molecule has 1 fully saturated rings. The van der Waals surface area contributed by atoms with Gasteiger partial charge in [-0.15, -0.1) is 0 Å². The van der Waals surface area contributed by atoms with Crippen molar-refractivity contribution in [1.29, 1.82) is 0 Å². The van der Waals surface area contributed by atoms with Crippen molar-refractivity contribution in [2.45, 2.75) is 57.8 Å². The van der Waals surface area contributed by atoms with Gasteiger partial charge in [-0.25, -0.2) is 0 Å². The van der Waals surface area contributed by atoms with Gasteiger partial charge in [-0.3, -0.25) is 4.79 Å². The molecule has 1 aliphatic heterocycles. The predicted molar refractivity (Wildman–Crippen MR) is 85.1 cm³/mol. The number of rotatable bonds is 2. The van der Waals surface area contributed by atoms with Gasteiger partial charge in [0.15, 0.2) is 11.5 Å². The first-order chi connectivity index (χ1) is 10.6. The molecule has 1 saturated carbocycles. The highest BCUT2D eigenvalue weighted by atomic mass is 16.6. The Morgan fingerprint density at radius 3 is 2.41 bits per heavy atom. The number of hydrogen-bond donors (Lipinski definition) is 0. The molecule has 0 N–H and O–H groups in total. The van der Waals surface area contributed by atoms with E-state index in [1.54, 1.807) is 0 Å². The molecule has 1 heterocycles. The number of carbonyl (C=O) groups is 1. The van der Waals surface area contributed by atoms with E-state index in [1.807, 2.05) is 43.1 Å². The van der Waals surface area contributed by atoms with Gasteiger partial charge in [0.05, 0.1) is 0 Å². The molecule has 3 rings (SSSR count). The smallest absolute Gasteiger partial charge is 0.267 e. The fraction of sp³-hybridized carbons (Fsp3) is 0.611. The lowest BCUT2D eigenvalue weighted by Crippen LogP contribution is -2.53. The summed E-state index contributed by atoms with van der Waals surface area (Å²) in [5, 5.41) is 0. The van der Waals surface area contributed by atoms with E-state index in [-0.39, 0.29) is 12.0 Å². The number of ether oxygens (including phenoxy) is 2. The summed E-state index contributed by atoms with van der Waals surface area (Å²) < 4.78 is 11.8. The first-order valence-corrected chi connectivity index (χ1v) is 8.27.